The first-order chi connectivity index (χ1) is 9.85. The van der Waals surface area contributed by atoms with E-state index in [1.54, 1.807) is 6.08 Å². The summed E-state index contributed by atoms with van der Waals surface area (Å²) in [4.78, 5) is 36.4. The van der Waals surface area contributed by atoms with Crippen molar-refractivity contribution >= 4 is 35.0 Å². The van der Waals surface area contributed by atoms with Gasteiger partial charge in [-0.25, -0.2) is 0 Å². The van der Waals surface area contributed by atoms with E-state index in [0.717, 1.165) is 33.6 Å². The number of nitrogens with zero attached hydrogens (tertiary/aromatic N) is 2. The molecule has 1 aromatic heterocycles. The fraction of sp³-hybridized carbons (Fsp3) is 0.357. The van der Waals surface area contributed by atoms with Crippen LogP contribution in [-0.4, -0.2) is 40.2 Å². The second-order valence-corrected chi connectivity index (χ2v) is 5.72. The maximum atomic E-state index is 12.2. The third kappa shape index (κ3) is 2.87. The summed E-state index contributed by atoms with van der Waals surface area (Å²) in [5, 5.41) is -0.457. The van der Waals surface area contributed by atoms with Gasteiger partial charge in [0.2, 0.25) is 0 Å². The summed E-state index contributed by atoms with van der Waals surface area (Å²) in [7, 11) is 3.15. The molecular formula is C14H16N2O4S. The summed E-state index contributed by atoms with van der Waals surface area (Å²) in [5.74, 6) is -1.08. The van der Waals surface area contributed by atoms with Gasteiger partial charge in [-0.2, -0.15) is 0 Å². The Morgan fingerprint density at radius 3 is 2.57 bits per heavy atom. The smallest absolute Gasteiger partial charge is 0.325 e. The Morgan fingerprint density at radius 1 is 1.38 bits per heavy atom. The van der Waals surface area contributed by atoms with E-state index in [0.29, 0.717) is 4.91 Å². The van der Waals surface area contributed by atoms with E-state index < -0.39 is 17.1 Å². The van der Waals surface area contributed by atoms with E-state index in [4.69, 9.17) is 0 Å². The molecule has 0 aromatic carbocycles. The number of amides is 2. The Balaban J connectivity index is 2.28. The number of hydrogen-bond donors (Lipinski definition) is 0. The van der Waals surface area contributed by atoms with Gasteiger partial charge in [0.05, 0.1) is 12.0 Å². The molecule has 1 aliphatic heterocycles. The first-order valence-electron chi connectivity index (χ1n) is 6.30. The summed E-state index contributed by atoms with van der Waals surface area (Å²) in [6.07, 6.45) is 1.69. The zero-order chi connectivity index (χ0) is 15.7. The first kappa shape index (κ1) is 15.4. The predicted octanol–water partition coefficient (Wildman–Crippen LogP) is 1.85. The molecule has 6 nitrogen and oxygen atoms in total. The lowest BCUT2D eigenvalue weighted by molar-refractivity contribution is -0.143. The van der Waals surface area contributed by atoms with Crippen molar-refractivity contribution in [2.75, 3.05) is 13.7 Å². The Kier molecular flexibility index (Phi) is 4.22. The minimum atomic E-state index is -0.620. The van der Waals surface area contributed by atoms with Gasteiger partial charge in [0, 0.05) is 18.4 Å². The highest BCUT2D eigenvalue weighted by molar-refractivity contribution is 8.18. The average Bonchev–Trinajstić information content (AvgIpc) is 2.84. The maximum Gasteiger partial charge on any atom is 0.325 e. The highest BCUT2D eigenvalue weighted by Crippen LogP contribution is 2.32. The van der Waals surface area contributed by atoms with Crippen molar-refractivity contribution in [3.8, 4) is 0 Å². The highest BCUT2D eigenvalue weighted by Gasteiger charge is 2.36. The van der Waals surface area contributed by atoms with Crippen LogP contribution in [-0.2, 0) is 21.4 Å². The van der Waals surface area contributed by atoms with Gasteiger partial charge < -0.3 is 9.30 Å². The molecule has 0 radical (unpaired) electrons. The number of hydrogen-bond acceptors (Lipinski definition) is 5. The Bertz CT molecular complexity index is 660. The number of ether oxygens (including phenoxy) is 1. The number of aromatic nitrogens is 1. The number of rotatable bonds is 3. The van der Waals surface area contributed by atoms with E-state index in [1.165, 1.54) is 7.11 Å². The number of aryl methyl sites for hydroxylation is 1. The van der Waals surface area contributed by atoms with Crippen molar-refractivity contribution in [1.82, 2.24) is 9.47 Å². The quantitative estimate of drug-likeness (QED) is 0.629. The van der Waals surface area contributed by atoms with Gasteiger partial charge in [-0.1, -0.05) is 0 Å². The second kappa shape index (κ2) is 5.77. The fourth-order valence-electron chi connectivity index (χ4n) is 2.00. The van der Waals surface area contributed by atoms with Gasteiger partial charge in [-0.15, -0.1) is 0 Å². The molecule has 0 aliphatic carbocycles. The minimum absolute atomic E-state index is 0.317. The maximum absolute atomic E-state index is 12.2. The molecular weight excluding hydrogens is 292 g/mol. The molecule has 21 heavy (non-hydrogen) atoms. The van der Waals surface area contributed by atoms with Crippen molar-refractivity contribution in [3.05, 3.63) is 27.9 Å². The van der Waals surface area contributed by atoms with Crippen LogP contribution >= 0.6 is 11.8 Å². The number of imide groups is 1. The number of esters is 1. The number of thioether (sulfide) groups is 1. The van der Waals surface area contributed by atoms with Crippen molar-refractivity contribution in [2.45, 2.75) is 13.8 Å². The molecule has 7 heteroatoms. The summed E-state index contributed by atoms with van der Waals surface area (Å²) in [6.45, 7) is 3.55. The molecule has 112 valence electrons. The van der Waals surface area contributed by atoms with Gasteiger partial charge in [0.1, 0.15) is 6.54 Å². The van der Waals surface area contributed by atoms with Crippen LogP contribution in [0.15, 0.2) is 11.0 Å². The standard InChI is InChI=1S/C14H16N2O4S/c1-8-5-10(9(2)15(8)3)6-11-13(18)16(14(19)21-11)7-12(17)20-4/h5-6H,7H2,1-4H3. The Labute approximate surface area is 126 Å². The topological polar surface area (TPSA) is 68.6 Å². The SMILES string of the molecule is COC(=O)CN1C(=O)SC(=Cc2cc(C)n(C)c2C)C1=O. The molecule has 1 saturated heterocycles. The van der Waals surface area contributed by atoms with Gasteiger partial charge in [0.25, 0.3) is 11.1 Å². The summed E-state index contributed by atoms with van der Waals surface area (Å²) in [6, 6.07) is 1.95. The molecule has 1 aliphatic rings. The van der Waals surface area contributed by atoms with Crippen LogP contribution in [0.25, 0.3) is 6.08 Å². The molecule has 0 unspecified atom stereocenters. The van der Waals surface area contributed by atoms with Crippen LogP contribution in [0.5, 0.6) is 0 Å². The highest BCUT2D eigenvalue weighted by atomic mass is 32.2. The lowest BCUT2D eigenvalue weighted by atomic mass is 10.2. The Hall–Kier alpha value is -2.02. The average molecular weight is 308 g/mol. The zero-order valence-electron chi connectivity index (χ0n) is 12.3. The van der Waals surface area contributed by atoms with Crippen LogP contribution < -0.4 is 0 Å². The fourth-order valence-corrected chi connectivity index (χ4v) is 2.83. The van der Waals surface area contributed by atoms with E-state index in [-0.39, 0.29) is 6.54 Å². The van der Waals surface area contributed by atoms with E-state index in [1.807, 2.05) is 31.5 Å². The molecule has 0 bridgehead atoms. The normalized spacial score (nSPS) is 17.0. The molecule has 0 atom stereocenters. The van der Waals surface area contributed by atoms with Crippen molar-refractivity contribution < 1.29 is 19.1 Å². The van der Waals surface area contributed by atoms with Gasteiger partial charge >= 0.3 is 5.97 Å². The van der Waals surface area contributed by atoms with Gasteiger partial charge in [0.15, 0.2) is 0 Å². The third-order valence-electron chi connectivity index (χ3n) is 3.49. The lowest BCUT2D eigenvalue weighted by Gasteiger charge is -2.09. The predicted molar refractivity (Wildman–Crippen MR) is 79.6 cm³/mol. The van der Waals surface area contributed by atoms with Crippen molar-refractivity contribution in [3.63, 3.8) is 0 Å². The molecule has 1 aromatic rings. The molecule has 0 N–H and O–H groups in total. The monoisotopic (exact) mass is 308 g/mol. The summed E-state index contributed by atoms with van der Waals surface area (Å²) in [5.41, 5.74) is 2.96. The van der Waals surface area contributed by atoms with Crippen LogP contribution in [0.2, 0.25) is 0 Å². The summed E-state index contributed by atoms with van der Waals surface area (Å²) >= 11 is 0.834. The number of methoxy groups -OCH3 is 1. The first-order valence-corrected chi connectivity index (χ1v) is 7.12. The number of carbonyl (C=O) groups excluding carboxylic acids is 3. The van der Waals surface area contributed by atoms with Gasteiger partial charge in [-0.05, 0) is 43.3 Å². The van der Waals surface area contributed by atoms with Crippen molar-refractivity contribution in [2.24, 2.45) is 7.05 Å². The minimum Gasteiger partial charge on any atom is -0.468 e. The van der Waals surface area contributed by atoms with Crippen LogP contribution in [0, 0.1) is 13.8 Å². The zero-order valence-corrected chi connectivity index (χ0v) is 13.1. The van der Waals surface area contributed by atoms with Gasteiger partial charge in [-0.3, -0.25) is 19.3 Å². The van der Waals surface area contributed by atoms with E-state index in [9.17, 15) is 14.4 Å². The summed E-state index contributed by atoms with van der Waals surface area (Å²) < 4.78 is 6.49. The van der Waals surface area contributed by atoms with E-state index >= 15 is 0 Å². The third-order valence-corrected chi connectivity index (χ3v) is 4.40. The molecule has 0 spiro atoms. The molecule has 2 amide bonds. The second-order valence-electron chi connectivity index (χ2n) is 4.73. The van der Waals surface area contributed by atoms with E-state index in [2.05, 4.69) is 4.74 Å². The van der Waals surface area contributed by atoms with Crippen LogP contribution in [0.1, 0.15) is 17.0 Å². The molecule has 2 heterocycles. The molecule has 0 saturated carbocycles. The molecule has 1 fully saturated rings. The largest absolute Gasteiger partial charge is 0.468 e. The van der Waals surface area contributed by atoms with Crippen LogP contribution in [0.4, 0.5) is 4.79 Å². The number of carbonyl (C=O) groups is 3. The lowest BCUT2D eigenvalue weighted by Crippen LogP contribution is -2.34. The Morgan fingerprint density at radius 2 is 2.05 bits per heavy atom. The van der Waals surface area contributed by atoms with Crippen molar-refractivity contribution in [1.29, 1.82) is 0 Å². The molecule has 2 rings (SSSR count). The van der Waals surface area contributed by atoms with Crippen LogP contribution in [0.3, 0.4) is 0 Å².